The Hall–Kier alpha value is -1.13. The fourth-order valence-corrected chi connectivity index (χ4v) is 3.04. The Bertz CT molecular complexity index is 591. The maximum absolute atomic E-state index is 12.3. The summed E-state index contributed by atoms with van der Waals surface area (Å²) >= 11 is 4.90. The zero-order valence-electron chi connectivity index (χ0n) is 10.5. The molecule has 0 aliphatic rings. The van der Waals surface area contributed by atoms with Crippen LogP contribution in [-0.2, 0) is 0 Å². The first kappa shape index (κ1) is 13.3. The van der Waals surface area contributed by atoms with Gasteiger partial charge in [-0.15, -0.1) is 11.3 Å². The first-order valence-corrected chi connectivity index (χ1v) is 7.25. The average molecular weight is 324 g/mol. The molecule has 1 aromatic heterocycles. The number of aryl methyl sites for hydroxylation is 2. The Balaban J connectivity index is 2.31. The summed E-state index contributed by atoms with van der Waals surface area (Å²) in [6.45, 7) is 4.07. The highest BCUT2D eigenvalue weighted by Gasteiger charge is 2.16. The van der Waals surface area contributed by atoms with Crippen LogP contribution >= 0.6 is 27.3 Å². The van der Waals surface area contributed by atoms with Crippen LogP contribution in [0.3, 0.4) is 0 Å². The van der Waals surface area contributed by atoms with E-state index in [1.54, 1.807) is 4.90 Å². The van der Waals surface area contributed by atoms with Crippen LogP contribution in [0.15, 0.2) is 33.4 Å². The number of benzene rings is 1. The zero-order valence-corrected chi connectivity index (χ0v) is 12.9. The van der Waals surface area contributed by atoms with Crippen molar-refractivity contribution in [1.29, 1.82) is 0 Å². The second-order valence-electron chi connectivity index (χ2n) is 4.29. The third-order valence-corrected chi connectivity index (χ3v) is 4.34. The van der Waals surface area contributed by atoms with Gasteiger partial charge in [-0.3, -0.25) is 4.79 Å². The molecule has 94 valence electrons. The molecule has 1 heterocycles. The lowest BCUT2D eigenvalue weighted by molar-refractivity contribution is 0.0993. The van der Waals surface area contributed by atoms with E-state index in [1.165, 1.54) is 16.9 Å². The molecule has 4 heteroatoms. The van der Waals surface area contributed by atoms with E-state index < -0.39 is 0 Å². The number of carbonyl (C=O) groups is 1. The van der Waals surface area contributed by atoms with Gasteiger partial charge < -0.3 is 4.90 Å². The summed E-state index contributed by atoms with van der Waals surface area (Å²) in [7, 11) is 1.81. The minimum atomic E-state index is 0.0175. The normalized spacial score (nSPS) is 10.4. The van der Waals surface area contributed by atoms with Crippen LogP contribution in [0.2, 0.25) is 0 Å². The number of hydrogen-bond acceptors (Lipinski definition) is 2. The molecule has 0 unspecified atom stereocenters. The number of nitrogens with zero attached hydrogens (tertiary/aromatic N) is 1. The molecule has 0 saturated carbocycles. The van der Waals surface area contributed by atoms with Crippen LogP contribution in [0.1, 0.15) is 21.5 Å². The van der Waals surface area contributed by atoms with E-state index in [4.69, 9.17) is 0 Å². The third-order valence-electron chi connectivity index (χ3n) is 2.83. The molecule has 0 fully saturated rings. The molecule has 0 radical (unpaired) electrons. The van der Waals surface area contributed by atoms with Crippen molar-refractivity contribution in [2.75, 3.05) is 11.9 Å². The summed E-state index contributed by atoms with van der Waals surface area (Å²) in [6, 6.07) is 7.95. The lowest BCUT2D eigenvalue weighted by Crippen LogP contribution is -2.26. The fourth-order valence-electron chi connectivity index (χ4n) is 1.91. The molecular formula is C14H14BrNOS. The van der Waals surface area contributed by atoms with Gasteiger partial charge in [0.15, 0.2) is 0 Å². The van der Waals surface area contributed by atoms with Gasteiger partial charge >= 0.3 is 0 Å². The Morgan fingerprint density at radius 1 is 1.28 bits per heavy atom. The topological polar surface area (TPSA) is 20.3 Å². The van der Waals surface area contributed by atoms with Crippen LogP contribution in [0, 0.1) is 13.8 Å². The van der Waals surface area contributed by atoms with Crippen molar-refractivity contribution in [3.8, 4) is 0 Å². The monoisotopic (exact) mass is 323 g/mol. The molecule has 1 aromatic carbocycles. The second kappa shape index (κ2) is 5.24. The van der Waals surface area contributed by atoms with E-state index in [-0.39, 0.29) is 5.91 Å². The zero-order chi connectivity index (χ0) is 13.3. The Labute approximate surface area is 119 Å². The van der Waals surface area contributed by atoms with Crippen LogP contribution in [-0.4, -0.2) is 13.0 Å². The Kier molecular flexibility index (Phi) is 3.88. The summed E-state index contributed by atoms with van der Waals surface area (Å²) in [5, 5.41) is 1.87. The van der Waals surface area contributed by atoms with E-state index in [0.29, 0.717) is 5.56 Å². The van der Waals surface area contributed by atoms with E-state index >= 15 is 0 Å². The second-order valence-corrected chi connectivity index (χ2v) is 6.58. The minimum absolute atomic E-state index is 0.0175. The standard InChI is InChI=1S/C14H14BrNOS/c1-9-4-5-12(10(2)6-9)16(3)14(17)11-7-13(15)18-8-11/h4-8H,1-3H3. The van der Waals surface area contributed by atoms with E-state index in [2.05, 4.69) is 28.9 Å². The van der Waals surface area contributed by atoms with Crippen LogP contribution in [0.5, 0.6) is 0 Å². The maximum Gasteiger partial charge on any atom is 0.258 e. The van der Waals surface area contributed by atoms with Gasteiger partial charge in [-0.1, -0.05) is 17.7 Å². The molecule has 0 saturated heterocycles. The third kappa shape index (κ3) is 2.65. The average Bonchev–Trinajstić information content (AvgIpc) is 2.74. The molecule has 2 aromatic rings. The quantitative estimate of drug-likeness (QED) is 0.801. The van der Waals surface area contributed by atoms with Gasteiger partial charge in [0.2, 0.25) is 0 Å². The van der Waals surface area contributed by atoms with Crippen molar-refractivity contribution in [3.63, 3.8) is 0 Å². The molecule has 0 N–H and O–H groups in total. The van der Waals surface area contributed by atoms with Crippen molar-refractivity contribution >= 4 is 38.9 Å². The molecule has 0 atom stereocenters. The molecule has 2 rings (SSSR count). The highest BCUT2D eigenvalue weighted by atomic mass is 79.9. The Morgan fingerprint density at radius 3 is 2.56 bits per heavy atom. The molecular weight excluding hydrogens is 310 g/mol. The van der Waals surface area contributed by atoms with Gasteiger partial charge in [0, 0.05) is 18.1 Å². The van der Waals surface area contributed by atoms with Crippen LogP contribution in [0.4, 0.5) is 5.69 Å². The number of thiophene rings is 1. The highest BCUT2D eigenvalue weighted by Crippen LogP contribution is 2.25. The van der Waals surface area contributed by atoms with Crippen molar-refractivity contribution in [1.82, 2.24) is 0 Å². The summed E-state index contributed by atoms with van der Waals surface area (Å²) in [6.07, 6.45) is 0. The lowest BCUT2D eigenvalue weighted by Gasteiger charge is -2.19. The van der Waals surface area contributed by atoms with E-state index in [0.717, 1.165) is 15.0 Å². The van der Waals surface area contributed by atoms with Gasteiger partial charge in [0.25, 0.3) is 5.91 Å². The number of amides is 1. The molecule has 0 bridgehead atoms. The summed E-state index contributed by atoms with van der Waals surface area (Å²) in [5.41, 5.74) is 3.98. The molecule has 1 amide bonds. The van der Waals surface area contributed by atoms with Gasteiger partial charge in [-0.05, 0) is 47.5 Å². The summed E-state index contributed by atoms with van der Waals surface area (Å²) < 4.78 is 0.972. The number of carbonyl (C=O) groups excluding carboxylic acids is 1. The predicted octanol–water partition coefficient (Wildman–Crippen LogP) is 4.40. The smallest absolute Gasteiger partial charge is 0.258 e. The van der Waals surface area contributed by atoms with Crippen molar-refractivity contribution in [2.24, 2.45) is 0 Å². The SMILES string of the molecule is Cc1ccc(N(C)C(=O)c2csc(Br)c2)c(C)c1. The van der Waals surface area contributed by atoms with Crippen molar-refractivity contribution < 1.29 is 4.79 Å². The largest absolute Gasteiger partial charge is 0.311 e. The number of rotatable bonds is 2. The van der Waals surface area contributed by atoms with Crippen LogP contribution < -0.4 is 4.90 Å². The van der Waals surface area contributed by atoms with Crippen LogP contribution in [0.25, 0.3) is 0 Å². The predicted molar refractivity (Wildman–Crippen MR) is 80.7 cm³/mol. The Morgan fingerprint density at radius 2 is 2.00 bits per heavy atom. The number of anilines is 1. The fraction of sp³-hybridized carbons (Fsp3) is 0.214. The summed E-state index contributed by atoms with van der Waals surface area (Å²) in [4.78, 5) is 14.0. The van der Waals surface area contributed by atoms with Gasteiger partial charge in [0.05, 0.1) is 9.35 Å². The van der Waals surface area contributed by atoms with E-state index in [1.807, 2.05) is 37.6 Å². The first-order valence-electron chi connectivity index (χ1n) is 5.58. The minimum Gasteiger partial charge on any atom is -0.311 e. The highest BCUT2D eigenvalue weighted by molar-refractivity contribution is 9.11. The maximum atomic E-state index is 12.3. The molecule has 2 nitrogen and oxygen atoms in total. The van der Waals surface area contributed by atoms with Crippen molar-refractivity contribution in [3.05, 3.63) is 50.1 Å². The van der Waals surface area contributed by atoms with Gasteiger partial charge in [-0.2, -0.15) is 0 Å². The number of hydrogen-bond donors (Lipinski definition) is 0. The van der Waals surface area contributed by atoms with Gasteiger partial charge in [0.1, 0.15) is 0 Å². The lowest BCUT2D eigenvalue weighted by atomic mass is 10.1. The van der Waals surface area contributed by atoms with Crippen molar-refractivity contribution in [2.45, 2.75) is 13.8 Å². The molecule has 0 aliphatic carbocycles. The number of halogens is 1. The molecule has 0 spiro atoms. The molecule has 0 aliphatic heterocycles. The molecule has 18 heavy (non-hydrogen) atoms. The first-order chi connectivity index (χ1) is 8.49. The van der Waals surface area contributed by atoms with Gasteiger partial charge in [-0.25, -0.2) is 0 Å². The van der Waals surface area contributed by atoms with E-state index in [9.17, 15) is 4.79 Å². The summed E-state index contributed by atoms with van der Waals surface area (Å²) in [5.74, 6) is 0.0175.